The van der Waals surface area contributed by atoms with Crippen LogP contribution in [-0.4, -0.2) is 24.5 Å². The first-order valence-corrected chi connectivity index (χ1v) is 7.85. The third kappa shape index (κ3) is 4.04. The summed E-state index contributed by atoms with van der Waals surface area (Å²) in [6.07, 6.45) is 0.733. The van der Waals surface area contributed by atoms with E-state index in [9.17, 15) is 4.79 Å². The molecule has 1 aromatic carbocycles. The van der Waals surface area contributed by atoms with Crippen LogP contribution in [0.5, 0.6) is 5.75 Å². The van der Waals surface area contributed by atoms with Gasteiger partial charge in [0.2, 0.25) is 0 Å². The minimum absolute atomic E-state index is 0.118. The molecule has 0 saturated heterocycles. The summed E-state index contributed by atoms with van der Waals surface area (Å²) in [5.74, 6) is 1.08. The fourth-order valence-electron chi connectivity index (χ4n) is 1.97. The molecule has 0 atom stereocenters. The molecule has 2 rings (SSSR count). The van der Waals surface area contributed by atoms with Gasteiger partial charge < -0.3 is 10.1 Å². The van der Waals surface area contributed by atoms with Crippen LogP contribution >= 0.6 is 11.3 Å². The lowest BCUT2D eigenvalue weighted by Crippen LogP contribution is -2.26. The van der Waals surface area contributed by atoms with E-state index in [0.29, 0.717) is 18.2 Å². The number of ether oxygens (including phenoxy) is 1. The number of methoxy groups -OCH3 is 1. The Morgan fingerprint density at radius 1 is 1.38 bits per heavy atom. The van der Waals surface area contributed by atoms with Gasteiger partial charge >= 0.3 is 0 Å². The van der Waals surface area contributed by atoms with Gasteiger partial charge in [-0.25, -0.2) is 4.98 Å². The molecule has 112 valence electrons. The third-order valence-electron chi connectivity index (χ3n) is 3.12. The number of rotatable bonds is 6. The van der Waals surface area contributed by atoms with Crippen molar-refractivity contribution in [3.8, 4) is 5.75 Å². The minimum Gasteiger partial charge on any atom is -0.496 e. The number of carbonyl (C=O) groups is 1. The minimum atomic E-state index is -0.118. The Morgan fingerprint density at radius 2 is 2.14 bits per heavy atom. The lowest BCUT2D eigenvalue weighted by atomic mass is 10.1. The van der Waals surface area contributed by atoms with Crippen molar-refractivity contribution in [1.29, 1.82) is 0 Å². The number of hydrogen-bond acceptors (Lipinski definition) is 4. The van der Waals surface area contributed by atoms with Crippen molar-refractivity contribution in [3.05, 3.63) is 45.9 Å². The van der Waals surface area contributed by atoms with Crippen LogP contribution in [0.15, 0.2) is 29.6 Å². The number of thiazole rings is 1. The average Bonchev–Trinajstić information content (AvgIpc) is 2.98. The average molecular weight is 304 g/mol. The SMILES string of the molecule is COc1ccccc1CCNC(=O)c1csc(C(C)C)n1. The van der Waals surface area contributed by atoms with E-state index in [1.807, 2.05) is 29.6 Å². The number of benzene rings is 1. The van der Waals surface area contributed by atoms with Crippen LogP contribution < -0.4 is 10.1 Å². The quantitative estimate of drug-likeness (QED) is 0.891. The first kappa shape index (κ1) is 15.5. The van der Waals surface area contributed by atoms with Gasteiger partial charge in [-0.05, 0) is 18.1 Å². The monoisotopic (exact) mass is 304 g/mol. The van der Waals surface area contributed by atoms with Crippen molar-refractivity contribution in [1.82, 2.24) is 10.3 Å². The van der Waals surface area contributed by atoms with Crippen LogP contribution in [0.2, 0.25) is 0 Å². The summed E-state index contributed by atoms with van der Waals surface area (Å²) < 4.78 is 5.29. The molecule has 1 amide bonds. The second-order valence-corrected chi connectivity index (χ2v) is 5.93. The smallest absolute Gasteiger partial charge is 0.270 e. The molecule has 0 saturated carbocycles. The Hall–Kier alpha value is -1.88. The highest BCUT2D eigenvalue weighted by atomic mass is 32.1. The van der Waals surface area contributed by atoms with Gasteiger partial charge in [0, 0.05) is 17.8 Å². The third-order valence-corrected chi connectivity index (χ3v) is 4.27. The van der Waals surface area contributed by atoms with Crippen molar-refractivity contribution in [3.63, 3.8) is 0 Å². The van der Waals surface area contributed by atoms with E-state index in [4.69, 9.17) is 4.74 Å². The highest BCUT2D eigenvalue weighted by molar-refractivity contribution is 7.09. The zero-order valence-electron chi connectivity index (χ0n) is 12.6. The molecule has 2 aromatic rings. The number of nitrogens with one attached hydrogen (secondary N) is 1. The van der Waals surface area contributed by atoms with E-state index in [0.717, 1.165) is 22.7 Å². The Balaban J connectivity index is 1.89. The van der Waals surface area contributed by atoms with Crippen LogP contribution in [0.4, 0.5) is 0 Å². The predicted octanol–water partition coefficient (Wildman–Crippen LogP) is 3.25. The molecule has 4 nitrogen and oxygen atoms in total. The molecule has 1 aromatic heterocycles. The van der Waals surface area contributed by atoms with Crippen LogP contribution in [0.3, 0.4) is 0 Å². The summed E-state index contributed by atoms with van der Waals surface area (Å²) in [5, 5.41) is 5.70. The van der Waals surface area contributed by atoms with E-state index < -0.39 is 0 Å². The van der Waals surface area contributed by atoms with Crippen LogP contribution in [0.25, 0.3) is 0 Å². The number of carbonyl (C=O) groups excluding carboxylic acids is 1. The molecular formula is C16H20N2O2S. The number of nitrogens with zero attached hydrogens (tertiary/aromatic N) is 1. The van der Waals surface area contributed by atoms with Gasteiger partial charge in [-0.3, -0.25) is 4.79 Å². The standard InChI is InChI=1S/C16H20N2O2S/c1-11(2)16-18-13(10-21-16)15(19)17-9-8-12-6-4-5-7-14(12)20-3/h4-7,10-11H,8-9H2,1-3H3,(H,17,19). The van der Waals surface area contributed by atoms with Crippen LogP contribution in [-0.2, 0) is 6.42 Å². The lowest BCUT2D eigenvalue weighted by Gasteiger charge is -2.08. The van der Waals surface area contributed by atoms with Crippen molar-refractivity contribution in [2.45, 2.75) is 26.2 Å². The Bertz CT molecular complexity index is 608. The molecule has 21 heavy (non-hydrogen) atoms. The molecule has 0 spiro atoms. The summed E-state index contributed by atoms with van der Waals surface area (Å²) in [7, 11) is 1.65. The summed E-state index contributed by atoms with van der Waals surface area (Å²) in [6, 6.07) is 7.83. The number of para-hydroxylation sites is 1. The van der Waals surface area contributed by atoms with Crippen molar-refractivity contribution in [2.24, 2.45) is 0 Å². The second kappa shape index (κ2) is 7.22. The van der Waals surface area contributed by atoms with Gasteiger partial charge in [0.15, 0.2) is 0 Å². The zero-order chi connectivity index (χ0) is 15.2. The van der Waals surface area contributed by atoms with Crippen LogP contribution in [0, 0.1) is 0 Å². The van der Waals surface area contributed by atoms with E-state index in [2.05, 4.69) is 24.1 Å². The van der Waals surface area contributed by atoms with Gasteiger partial charge in [0.05, 0.1) is 12.1 Å². The maximum atomic E-state index is 12.0. The lowest BCUT2D eigenvalue weighted by molar-refractivity contribution is 0.0949. The van der Waals surface area contributed by atoms with Crippen molar-refractivity contribution in [2.75, 3.05) is 13.7 Å². The molecule has 0 unspecified atom stereocenters. The van der Waals surface area contributed by atoms with E-state index in [-0.39, 0.29) is 5.91 Å². The summed E-state index contributed by atoms with van der Waals surface area (Å²) in [4.78, 5) is 16.4. The molecular weight excluding hydrogens is 284 g/mol. The van der Waals surface area contributed by atoms with Gasteiger partial charge in [-0.1, -0.05) is 32.0 Å². The highest BCUT2D eigenvalue weighted by Gasteiger charge is 2.12. The van der Waals surface area contributed by atoms with E-state index in [1.165, 1.54) is 11.3 Å². The van der Waals surface area contributed by atoms with E-state index in [1.54, 1.807) is 7.11 Å². The van der Waals surface area contributed by atoms with Gasteiger partial charge in [0.1, 0.15) is 11.4 Å². The maximum Gasteiger partial charge on any atom is 0.270 e. The normalized spacial score (nSPS) is 10.7. The Labute approximate surface area is 129 Å². The second-order valence-electron chi connectivity index (χ2n) is 5.04. The van der Waals surface area contributed by atoms with Gasteiger partial charge in [0.25, 0.3) is 5.91 Å². The molecule has 5 heteroatoms. The molecule has 0 aliphatic carbocycles. The van der Waals surface area contributed by atoms with Gasteiger partial charge in [-0.15, -0.1) is 11.3 Å². The Kier molecular flexibility index (Phi) is 5.33. The molecule has 0 aliphatic rings. The molecule has 0 aliphatic heterocycles. The summed E-state index contributed by atoms with van der Waals surface area (Å²) in [6.45, 7) is 4.71. The molecule has 1 N–H and O–H groups in total. The summed E-state index contributed by atoms with van der Waals surface area (Å²) >= 11 is 1.53. The predicted molar refractivity (Wildman–Crippen MR) is 85.2 cm³/mol. The highest BCUT2D eigenvalue weighted by Crippen LogP contribution is 2.19. The first-order valence-electron chi connectivity index (χ1n) is 6.97. The fourth-order valence-corrected chi connectivity index (χ4v) is 2.78. The molecule has 0 fully saturated rings. The fraction of sp³-hybridized carbons (Fsp3) is 0.375. The molecule has 1 heterocycles. The largest absolute Gasteiger partial charge is 0.496 e. The van der Waals surface area contributed by atoms with Crippen LogP contribution in [0.1, 0.15) is 40.8 Å². The topological polar surface area (TPSA) is 51.2 Å². The maximum absolute atomic E-state index is 12.0. The van der Waals surface area contributed by atoms with Crippen molar-refractivity contribution >= 4 is 17.2 Å². The zero-order valence-corrected chi connectivity index (χ0v) is 13.4. The van der Waals surface area contributed by atoms with E-state index >= 15 is 0 Å². The molecule has 0 radical (unpaired) electrons. The first-order chi connectivity index (χ1) is 10.1. The van der Waals surface area contributed by atoms with Crippen molar-refractivity contribution < 1.29 is 9.53 Å². The Morgan fingerprint density at radius 3 is 2.81 bits per heavy atom. The van der Waals surface area contributed by atoms with Gasteiger partial charge in [-0.2, -0.15) is 0 Å². The number of aromatic nitrogens is 1. The summed E-state index contributed by atoms with van der Waals surface area (Å²) in [5.41, 5.74) is 1.59. The number of hydrogen-bond donors (Lipinski definition) is 1. The molecule has 0 bridgehead atoms. The number of amides is 1.